The Morgan fingerprint density at radius 1 is 0.935 bits per heavy atom. The lowest BCUT2D eigenvalue weighted by molar-refractivity contribution is -0.152. The quantitative estimate of drug-likeness (QED) is 0.198. The molecule has 7 atom stereocenters. The molecule has 21 heteroatoms. The van der Waals surface area contributed by atoms with Crippen molar-refractivity contribution < 1.29 is 56.2 Å². The molecule has 0 bridgehead atoms. The lowest BCUT2D eigenvalue weighted by atomic mass is 10.0. The fraction of sp³-hybridized carbons (Fsp3) is 0.537. The van der Waals surface area contributed by atoms with E-state index in [0.29, 0.717) is 25.9 Å². The van der Waals surface area contributed by atoms with Gasteiger partial charge >= 0.3 is 12.2 Å². The number of nitrogens with zero attached hydrogens (tertiary/aromatic N) is 4. The van der Waals surface area contributed by atoms with Crippen LogP contribution >= 0.6 is 11.6 Å². The lowest BCUT2D eigenvalue weighted by Gasteiger charge is -2.41. The zero-order chi connectivity index (χ0) is 45.3. The molecule has 2 aromatic carbocycles. The molecule has 2 aromatic rings. The van der Waals surface area contributed by atoms with Crippen molar-refractivity contribution in [3.8, 4) is 0 Å². The van der Waals surface area contributed by atoms with Crippen LogP contribution < -0.4 is 21.3 Å². The lowest BCUT2D eigenvalue weighted by Crippen LogP contribution is -2.65. The highest BCUT2D eigenvalue weighted by Crippen LogP contribution is 2.48. The average molecular weight is 893 g/mol. The smallest absolute Gasteiger partial charge is 0.394 e. The van der Waals surface area contributed by atoms with Crippen molar-refractivity contribution in [3.63, 3.8) is 0 Å². The highest BCUT2D eigenvalue weighted by Gasteiger charge is 2.63. The number of alkyl halides is 3. The largest absolute Gasteiger partial charge is 0.416 e. The van der Waals surface area contributed by atoms with Gasteiger partial charge in [0, 0.05) is 50.6 Å². The van der Waals surface area contributed by atoms with E-state index in [1.165, 1.54) is 28.9 Å². The first-order valence-corrected chi connectivity index (χ1v) is 20.6. The first kappa shape index (κ1) is 46.2. The van der Waals surface area contributed by atoms with Crippen molar-refractivity contribution in [2.45, 2.75) is 87.9 Å². The SMILES string of the molecule is C[C@H]1CN(C(=O)[C@H](C)NC(=O)[C@@H]2CN(C)CCN2C(=O)[C@@H]2CCCN2C(=O)[C@H](CO)NC(=O)[C@H](Cc2cccc(C(F)(F)F)c2)NC(=O)Nc2ccc(Cl)cc2F)[C@]2(CC2=O)C1. The molecule has 1 saturated carbocycles. The summed E-state index contributed by atoms with van der Waals surface area (Å²) in [6.45, 7) is 3.51. The number of benzene rings is 2. The molecule has 62 heavy (non-hydrogen) atoms. The molecule has 5 N–H and O–H groups in total. The molecule has 4 fully saturated rings. The molecule has 6 rings (SSSR count). The third-order valence-electron chi connectivity index (χ3n) is 11.8. The first-order chi connectivity index (χ1) is 29.2. The number of carbonyl (C=O) groups excluding carboxylic acids is 7. The highest BCUT2D eigenvalue weighted by atomic mass is 35.5. The summed E-state index contributed by atoms with van der Waals surface area (Å²) in [7, 11) is 1.76. The fourth-order valence-corrected chi connectivity index (χ4v) is 8.73. The second kappa shape index (κ2) is 18.6. The van der Waals surface area contributed by atoms with Crippen LogP contribution in [0.5, 0.6) is 0 Å². The second-order valence-electron chi connectivity index (χ2n) is 16.5. The summed E-state index contributed by atoms with van der Waals surface area (Å²) in [5.74, 6) is -4.36. The van der Waals surface area contributed by atoms with Gasteiger partial charge in [0.1, 0.15) is 41.6 Å². The molecule has 0 unspecified atom stereocenters. The van der Waals surface area contributed by atoms with E-state index in [4.69, 9.17) is 11.6 Å². The van der Waals surface area contributed by atoms with Crippen LogP contribution in [-0.4, -0.2) is 148 Å². The number of rotatable bonds is 12. The highest BCUT2D eigenvalue weighted by molar-refractivity contribution is 6.30. The number of hydrogen-bond donors (Lipinski definition) is 5. The van der Waals surface area contributed by atoms with Crippen LogP contribution in [0, 0.1) is 11.7 Å². The minimum absolute atomic E-state index is 0.0138. The van der Waals surface area contributed by atoms with Crippen molar-refractivity contribution in [1.82, 2.24) is 35.6 Å². The molecule has 3 aliphatic heterocycles. The average Bonchev–Trinajstić information content (AvgIpc) is 3.49. The third kappa shape index (κ3) is 10.1. The van der Waals surface area contributed by atoms with Gasteiger partial charge in [-0.25, -0.2) is 9.18 Å². The maximum absolute atomic E-state index is 14.5. The number of hydrogen-bond acceptors (Lipinski definition) is 9. The van der Waals surface area contributed by atoms with Gasteiger partial charge in [-0.1, -0.05) is 36.7 Å². The van der Waals surface area contributed by atoms with Gasteiger partial charge in [-0.05, 0) is 69.0 Å². The van der Waals surface area contributed by atoms with Gasteiger partial charge in [0.15, 0.2) is 5.78 Å². The van der Waals surface area contributed by atoms with E-state index in [1.807, 2.05) is 11.8 Å². The fourth-order valence-electron chi connectivity index (χ4n) is 8.57. The minimum Gasteiger partial charge on any atom is -0.394 e. The summed E-state index contributed by atoms with van der Waals surface area (Å²) < 4.78 is 55.1. The van der Waals surface area contributed by atoms with Crippen LogP contribution in [-0.2, 0) is 41.4 Å². The van der Waals surface area contributed by atoms with Gasteiger partial charge in [-0.3, -0.25) is 28.8 Å². The van der Waals surface area contributed by atoms with Gasteiger partial charge in [0.25, 0.3) is 0 Å². The molecule has 0 radical (unpaired) electrons. The van der Waals surface area contributed by atoms with Gasteiger partial charge in [-0.2, -0.15) is 13.2 Å². The maximum Gasteiger partial charge on any atom is 0.416 e. The van der Waals surface area contributed by atoms with Crippen LogP contribution in [0.25, 0.3) is 0 Å². The summed E-state index contributed by atoms with van der Waals surface area (Å²) >= 11 is 5.79. The normalized spacial score (nSPS) is 24.0. The molecule has 3 saturated heterocycles. The number of carbonyl (C=O) groups is 7. The number of amides is 7. The van der Waals surface area contributed by atoms with Crippen LogP contribution in [0.2, 0.25) is 5.02 Å². The summed E-state index contributed by atoms with van der Waals surface area (Å²) in [5.41, 5.74) is -2.21. The van der Waals surface area contributed by atoms with Crippen molar-refractivity contribution in [1.29, 1.82) is 0 Å². The number of Topliss-reactive ketones (excluding diaryl/α,β-unsaturated/α-hetero) is 1. The van der Waals surface area contributed by atoms with Crippen molar-refractivity contribution in [2.75, 3.05) is 51.7 Å². The van der Waals surface area contributed by atoms with Gasteiger partial charge < -0.3 is 46.0 Å². The Kier molecular flexibility index (Phi) is 13.8. The van der Waals surface area contributed by atoms with E-state index in [0.717, 1.165) is 30.3 Å². The molecule has 3 heterocycles. The monoisotopic (exact) mass is 892 g/mol. The van der Waals surface area contributed by atoms with Crippen LogP contribution in [0.15, 0.2) is 42.5 Å². The topological polar surface area (TPSA) is 201 Å². The zero-order valence-electron chi connectivity index (χ0n) is 34.3. The molecular weight excluding hydrogens is 844 g/mol. The number of nitrogens with one attached hydrogen (secondary N) is 4. The number of piperazine rings is 1. The molecule has 336 valence electrons. The summed E-state index contributed by atoms with van der Waals surface area (Å²) in [6.07, 6.45) is -3.90. The summed E-state index contributed by atoms with van der Waals surface area (Å²) in [5, 5.41) is 20.0. The maximum atomic E-state index is 14.5. The number of aliphatic hydroxyl groups is 1. The Labute approximate surface area is 359 Å². The van der Waals surface area contributed by atoms with E-state index < -0.39 is 102 Å². The number of halogens is 5. The predicted octanol–water partition coefficient (Wildman–Crippen LogP) is 1.93. The minimum atomic E-state index is -4.73. The molecule has 7 amide bonds. The van der Waals surface area contributed by atoms with Crippen LogP contribution in [0.4, 0.5) is 28.0 Å². The Hall–Kier alpha value is -5.34. The van der Waals surface area contributed by atoms with Gasteiger partial charge in [0.2, 0.25) is 29.5 Å². The Morgan fingerprint density at radius 3 is 2.32 bits per heavy atom. The van der Waals surface area contributed by atoms with E-state index >= 15 is 0 Å². The Bertz CT molecular complexity index is 2110. The Balaban J connectivity index is 1.15. The van der Waals surface area contributed by atoms with Gasteiger partial charge in [0.05, 0.1) is 17.9 Å². The first-order valence-electron chi connectivity index (χ1n) is 20.3. The van der Waals surface area contributed by atoms with E-state index in [9.17, 15) is 56.2 Å². The number of likely N-dealkylation sites (tertiary alicyclic amines) is 2. The number of aliphatic hydroxyl groups excluding tert-OH is 1. The molecule has 1 aliphatic carbocycles. The molecule has 0 aromatic heterocycles. The van der Waals surface area contributed by atoms with Gasteiger partial charge in [-0.15, -0.1) is 0 Å². The van der Waals surface area contributed by atoms with Crippen molar-refractivity contribution in [3.05, 3.63) is 64.4 Å². The van der Waals surface area contributed by atoms with Crippen LogP contribution in [0.3, 0.4) is 0 Å². The molecule has 1 spiro atoms. The second-order valence-corrected chi connectivity index (χ2v) is 17.0. The molecule has 16 nitrogen and oxygen atoms in total. The number of likely N-dealkylation sites (N-methyl/N-ethyl adjacent to an activating group) is 1. The summed E-state index contributed by atoms with van der Waals surface area (Å²) in [4.78, 5) is 101. The third-order valence-corrected chi connectivity index (χ3v) is 12.1. The van der Waals surface area contributed by atoms with Crippen LogP contribution in [0.1, 0.15) is 50.7 Å². The van der Waals surface area contributed by atoms with Crippen molar-refractivity contribution in [2.24, 2.45) is 5.92 Å². The summed E-state index contributed by atoms with van der Waals surface area (Å²) in [6, 6.07) is -0.336. The number of anilines is 1. The van der Waals surface area contributed by atoms with E-state index in [2.05, 4.69) is 21.3 Å². The molecule has 4 aliphatic rings. The number of ketones is 1. The van der Waals surface area contributed by atoms with Crippen molar-refractivity contribution >= 4 is 58.6 Å². The van der Waals surface area contributed by atoms with E-state index in [-0.39, 0.29) is 60.5 Å². The molecular formula is C41H49ClF4N8O8. The standard InChI is InChI=1S/C41H49ClF4N8O8/c1-22-17-40(18-33(40)56)54(19-22)36(59)23(2)47-35(58)32-20-51(3)12-13-53(32)38(61)31-8-5-11-52(31)37(60)30(21-55)48-34(57)29(15-24-6-4-7-25(14-24)41(44,45)46)50-39(62)49-28-10-9-26(42)16-27(28)43/h4,6-7,9-10,14,16,22-23,29-32,55H,5,8,11-13,15,17-21H2,1-3H3,(H,47,58)(H,48,57)(H2,49,50,62)/t22-,23+,29+,30+,31+,32+,40+/m1/s1. The number of urea groups is 1. The Morgan fingerprint density at radius 2 is 1.66 bits per heavy atom. The van der Waals surface area contributed by atoms with E-state index in [1.54, 1.807) is 11.9 Å². The predicted molar refractivity (Wildman–Crippen MR) is 215 cm³/mol. The zero-order valence-corrected chi connectivity index (χ0v) is 35.0.